The fourth-order valence-corrected chi connectivity index (χ4v) is 3.06. The van der Waals surface area contributed by atoms with Gasteiger partial charge in [0.05, 0.1) is 6.20 Å². The highest BCUT2D eigenvalue weighted by atomic mass is 15.2. The van der Waals surface area contributed by atoms with E-state index in [1.807, 2.05) is 17.9 Å². The van der Waals surface area contributed by atoms with Crippen molar-refractivity contribution in [3.8, 4) is 0 Å². The van der Waals surface area contributed by atoms with Crippen molar-refractivity contribution < 1.29 is 0 Å². The summed E-state index contributed by atoms with van der Waals surface area (Å²) in [5.74, 6) is 0.909. The van der Waals surface area contributed by atoms with Crippen LogP contribution in [0.1, 0.15) is 37.8 Å². The Balaban J connectivity index is 1.69. The molecule has 0 spiro atoms. The van der Waals surface area contributed by atoms with E-state index in [4.69, 9.17) is 4.99 Å². The van der Waals surface area contributed by atoms with Gasteiger partial charge in [-0.25, -0.2) is 0 Å². The summed E-state index contributed by atoms with van der Waals surface area (Å²) in [6, 6.07) is 11.1. The molecule has 0 fully saturated rings. The van der Waals surface area contributed by atoms with Gasteiger partial charge in [-0.15, -0.1) is 0 Å². The Labute approximate surface area is 170 Å². The van der Waals surface area contributed by atoms with Crippen molar-refractivity contribution in [1.82, 2.24) is 25.3 Å². The summed E-state index contributed by atoms with van der Waals surface area (Å²) in [5.41, 5.74) is 2.62. The van der Waals surface area contributed by atoms with Gasteiger partial charge in [0.2, 0.25) is 0 Å². The van der Waals surface area contributed by atoms with Crippen LogP contribution in [0.25, 0.3) is 0 Å². The number of aliphatic imine (C=N–C) groups is 1. The first-order valence-corrected chi connectivity index (χ1v) is 10.3. The summed E-state index contributed by atoms with van der Waals surface area (Å²) < 4.78 is 1.85. The van der Waals surface area contributed by atoms with Crippen LogP contribution in [0.4, 0.5) is 0 Å². The summed E-state index contributed by atoms with van der Waals surface area (Å²) in [7, 11) is 4.14. The van der Waals surface area contributed by atoms with E-state index in [2.05, 4.69) is 78.1 Å². The van der Waals surface area contributed by atoms with Gasteiger partial charge in [-0.1, -0.05) is 30.3 Å². The number of rotatable bonds is 11. The van der Waals surface area contributed by atoms with Crippen molar-refractivity contribution in [3.63, 3.8) is 0 Å². The second-order valence-electron chi connectivity index (χ2n) is 7.35. The Kier molecular flexibility index (Phi) is 9.55. The van der Waals surface area contributed by atoms with Gasteiger partial charge >= 0.3 is 0 Å². The molecule has 0 aliphatic carbocycles. The Morgan fingerprint density at radius 3 is 2.68 bits per heavy atom. The average Bonchev–Trinajstić information content (AvgIpc) is 3.11. The number of aryl methyl sites for hydroxylation is 2. The van der Waals surface area contributed by atoms with Gasteiger partial charge < -0.3 is 10.6 Å². The Hall–Kier alpha value is -2.34. The van der Waals surface area contributed by atoms with Crippen LogP contribution in [0.5, 0.6) is 0 Å². The predicted molar refractivity (Wildman–Crippen MR) is 117 cm³/mol. The second kappa shape index (κ2) is 12.2. The zero-order valence-electron chi connectivity index (χ0n) is 17.9. The van der Waals surface area contributed by atoms with Gasteiger partial charge in [-0.3, -0.25) is 14.6 Å². The van der Waals surface area contributed by atoms with Crippen LogP contribution in [0.2, 0.25) is 0 Å². The molecular weight excluding hydrogens is 348 g/mol. The van der Waals surface area contributed by atoms with E-state index < -0.39 is 0 Å². The molecule has 0 radical (unpaired) electrons. The van der Waals surface area contributed by atoms with Gasteiger partial charge in [0.15, 0.2) is 5.96 Å². The standard InChI is InChI=1S/C22H36N6/c1-5-23-22(24-14-9-12-21-16-26-28(4)18-21)25-15-13-19(2)27(3)17-20-10-7-6-8-11-20/h6-8,10-11,16,18-19H,5,9,12-15,17H2,1-4H3,(H2,23,24,25). The smallest absolute Gasteiger partial charge is 0.191 e. The SMILES string of the molecule is CCNC(=NCCCc1cnn(C)c1)NCCC(C)N(C)Cc1ccccc1. The minimum Gasteiger partial charge on any atom is -0.357 e. The van der Waals surface area contributed by atoms with Crippen LogP contribution >= 0.6 is 0 Å². The molecule has 1 atom stereocenters. The lowest BCUT2D eigenvalue weighted by Crippen LogP contribution is -2.40. The van der Waals surface area contributed by atoms with E-state index in [1.165, 1.54) is 11.1 Å². The van der Waals surface area contributed by atoms with Crippen LogP contribution in [-0.4, -0.2) is 53.4 Å². The van der Waals surface area contributed by atoms with E-state index >= 15 is 0 Å². The average molecular weight is 385 g/mol. The molecule has 0 saturated heterocycles. The first kappa shape index (κ1) is 22.0. The topological polar surface area (TPSA) is 57.5 Å². The third-order valence-corrected chi connectivity index (χ3v) is 4.88. The third-order valence-electron chi connectivity index (χ3n) is 4.88. The predicted octanol–water partition coefficient (Wildman–Crippen LogP) is 2.82. The number of nitrogens with one attached hydrogen (secondary N) is 2. The van der Waals surface area contributed by atoms with Crippen LogP contribution < -0.4 is 10.6 Å². The van der Waals surface area contributed by atoms with E-state index in [1.54, 1.807) is 0 Å². The van der Waals surface area contributed by atoms with Crippen molar-refractivity contribution in [2.24, 2.45) is 12.0 Å². The lowest BCUT2D eigenvalue weighted by atomic mass is 10.1. The van der Waals surface area contributed by atoms with E-state index in [-0.39, 0.29) is 0 Å². The normalized spacial score (nSPS) is 13.0. The van der Waals surface area contributed by atoms with Gasteiger partial charge in [0.25, 0.3) is 0 Å². The van der Waals surface area contributed by atoms with Gasteiger partial charge in [0.1, 0.15) is 0 Å². The van der Waals surface area contributed by atoms with E-state index in [9.17, 15) is 0 Å². The zero-order valence-corrected chi connectivity index (χ0v) is 17.9. The molecule has 2 N–H and O–H groups in total. The number of nitrogens with zero attached hydrogens (tertiary/aromatic N) is 4. The van der Waals surface area contributed by atoms with Crippen molar-refractivity contribution in [2.75, 3.05) is 26.7 Å². The molecule has 1 aromatic carbocycles. The molecule has 0 aliphatic rings. The minimum absolute atomic E-state index is 0.501. The maximum atomic E-state index is 4.70. The van der Waals surface area contributed by atoms with E-state index in [0.717, 1.165) is 51.4 Å². The maximum Gasteiger partial charge on any atom is 0.191 e. The number of hydrogen-bond donors (Lipinski definition) is 2. The number of hydrogen-bond acceptors (Lipinski definition) is 3. The fourth-order valence-electron chi connectivity index (χ4n) is 3.06. The molecule has 0 bridgehead atoms. The molecule has 0 saturated carbocycles. The Morgan fingerprint density at radius 2 is 2.00 bits per heavy atom. The largest absolute Gasteiger partial charge is 0.357 e. The summed E-state index contributed by atoms with van der Waals surface area (Å²) in [4.78, 5) is 7.10. The van der Waals surface area contributed by atoms with Crippen molar-refractivity contribution in [3.05, 3.63) is 53.9 Å². The third kappa shape index (κ3) is 8.13. The fraction of sp³-hybridized carbons (Fsp3) is 0.545. The van der Waals surface area contributed by atoms with Crippen LogP contribution in [-0.2, 0) is 20.0 Å². The molecule has 1 heterocycles. The molecule has 28 heavy (non-hydrogen) atoms. The number of guanidine groups is 1. The molecule has 2 aromatic rings. The monoisotopic (exact) mass is 384 g/mol. The quantitative estimate of drug-likeness (QED) is 0.355. The van der Waals surface area contributed by atoms with Crippen molar-refractivity contribution in [2.45, 2.75) is 45.7 Å². The highest BCUT2D eigenvalue weighted by molar-refractivity contribution is 5.79. The summed E-state index contributed by atoms with van der Waals surface area (Å²) >= 11 is 0. The summed E-state index contributed by atoms with van der Waals surface area (Å²) in [6.07, 6.45) is 7.11. The maximum absolute atomic E-state index is 4.70. The lowest BCUT2D eigenvalue weighted by Gasteiger charge is -2.25. The highest BCUT2D eigenvalue weighted by Crippen LogP contribution is 2.08. The van der Waals surface area contributed by atoms with Crippen molar-refractivity contribution >= 4 is 5.96 Å². The number of benzene rings is 1. The zero-order chi connectivity index (χ0) is 20.2. The molecule has 1 aromatic heterocycles. The molecule has 0 amide bonds. The van der Waals surface area contributed by atoms with Crippen LogP contribution in [0.3, 0.4) is 0 Å². The van der Waals surface area contributed by atoms with Crippen molar-refractivity contribution in [1.29, 1.82) is 0 Å². The van der Waals surface area contributed by atoms with Crippen LogP contribution in [0.15, 0.2) is 47.7 Å². The second-order valence-corrected chi connectivity index (χ2v) is 7.35. The molecular formula is C22H36N6. The first-order valence-electron chi connectivity index (χ1n) is 10.3. The van der Waals surface area contributed by atoms with Gasteiger partial charge in [-0.05, 0) is 51.3 Å². The number of aromatic nitrogens is 2. The lowest BCUT2D eigenvalue weighted by molar-refractivity contribution is 0.238. The molecule has 1 unspecified atom stereocenters. The van der Waals surface area contributed by atoms with Gasteiger partial charge in [-0.2, -0.15) is 5.10 Å². The summed E-state index contributed by atoms with van der Waals surface area (Å²) in [5, 5.41) is 11.0. The van der Waals surface area contributed by atoms with E-state index in [0.29, 0.717) is 6.04 Å². The summed E-state index contributed by atoms with van der Waals surface area (Å²) in [6.45, 7) is 7.95. The van der Waals surface area contributed by atoms with Crippen LogP contribution in [0, 0.1) is 0 Å². The molecule has 0 aliphatic heterocycles. The van der Waals surface area contributed by atoms with Gasteiger partial charge in [0, 0.05) is 45.5 Å². The Morgan fingerprint density at radius 1 is 1.21 bits per heavy atom. The molecule has 6 nitrogen and oxygen atoms in total. The molecule has 154 valence electrons. The highest BCUT2D eigenvalue weighted by Gasteiger charge is 2.09. The Bertz CT molecular complexity index is 694. The molecule has 2 rings (SSSR count). The minimum atomic E-state index is 0.501. The first-order chi connectivity index (χ1) is 13.6. The molecule has 6 heteroatoms.